The number of ether oxygens (including phenoxy) is 2. The predicted octanol–water partition coefficient (Wildman–Crippen LogP) is 3.46. The number of methoxy groups -OCH3 is 2. The molecule has 2 aromatic rings. The Labute approximate surface area is 177 Å². The molecule has 1 aromatic heterocycles. The zero-order chi connectivity index (χ0) is 20.9. The molecule has 2 rings (SSSR count). The molecule has 1 N–H and O–H groups in total. The van der Waals surface area contributed by atoms with Crippen LogP contribution in [-0.2, 0) is 29.0 Å². The number of amides is 1. The van der Waals surface area contributed by atoms with Crippen LogP contribution in [0.15, 0.2) is 29.4 Å². The molecule has 29 heavy (non-hydrogen) atoms. The third kappa shape index (κ3) is 8.06. The third-order valence-corrected chi connectivity index (χ3v) is 5.53. The van der Waals surface area contributed by atoms with Crippen molar-refractivity contribution in [1.29, 1.82) is 0 Å². The van der Waals surface area contributed by atoms with Gasteiger partial charge in [-0.3, -0.25) is 4.79 Å². The van der Waals surface area contributed by atoms with E-state index in [0.717, 1.165) is 53.9 Å². The molecule has 160 valence electrons. The molecule has 0 saturated heterocycles. The number of thioether (sulfide) groups is 1. The van der Waals surface area contributed by atoms with Crippen molar-refractivity contribution in [2.75, 3.05) is 26.6 Å². The molecular weight excluding hydrogens is 388 g/mol. The molecule has 0 unspecified atom stereocenters. The number of unbranched alkanes of at least 4 members (excludes halogenated alkanes) is 1. The van der Waals surface area contributed by atoms with Gasteiger partial charge in [0.2, 0.25) is 5.91 Å². The normalized spacial score (nSPS) is 10.9. The monoisotopic (exact) mass is 420 g/mol. The highest BCUT2D eigenvalue weighted by Crippen LogP contribution is 2.20. The second-order valence-corrected chi connectivity index (χ2v) is 7.79. The van der Waals surface area contributed by atoms with E-state index < -0.39 is 0 Å². The van der Waals surface area contributed by atoms with Gasteiger partial charge in [-0.2, -0.15) is 0 Å². The van der Waals surface area contributed by atoms with Crippen molar-refractivity contribution in [1.82, 2.24) is 20.1 Å². The van der Waals surface area contributed by atoms with Gasteiger partial charge in [0.15, 0.2) is 5.16 Å². The van der Waals surface area contributed by atoms with Crippen molar-refractivity contribution in [2.24, 2.45) is 0 Å². The molecule has 0 saturated carbocycles. The van der Waals surface area contributed by atoms with Gasteiger partial charge in [-0.15, -0.1) is 10.2 Å². The number of aryl methyl sites for hydroxylation is 1. The predicted molar refractivity (Wildman–Crippen MR) is 115 cm³/mol. The minimum Gasteiger partial charge on any atom is -0.497 e. The Morgan fingerprint density at radius 3 is 2.66 bits per heavy atom. The highest BCUT2D eigenvalue weighted by molar-refractivity contribution is 7.99. The summed E-state index contributed by atoms with van der Waals surface area (Å²) in [6.45, 7) is 4.18. The number of carbonyl (C=O) groups is 1. The topological polar surface area (TPSA) is 78.3 Å². The van der Waals surface area contributed by atoms with E-state index in [1.807, 2.05) is 24.3 Å². The van der Waals surface area contributed by atoms with Crippen molar-refractivity contribution in [3.8, 4) is 5.75 Å². The van der Waals surface area contributed by atoms with Gasteiger partial charge in [0, 0.05) is 45.4 Å². The van der Waals surface area contributed by atoms with E-state index in [0.29, 0.717) is 26.0 Å². The van der Waals surface area contributed by atoms with Crippen LogP contribution in [-0.4, -0.2) is 47.3 Å². The second kappa shape index (κ2) is 13.2. The standard InChI is InChI=1S/C21H32N4O3S/c1-4-5-15-29-21-24-23-19(25(21)13-6-14-27-2)11-12-20(26)22-16-17-7-9-18(28-3)10-8-17/h7-10H,4-6,11-16H2,1-3H3,(H,22,26). The Hall–Kier alpha value is -2.06. The fourth-order valence-electron chi connectivity index (χ4n) is 2.77. The van der Waals surface area contributed by atoms with E-state index in [4.69, 9.17) is 9.47 Å². The highest BCUT2D eigenvalue weighted by Gasteiger charge is 2.14. The molecule has 0 aliphatic rings. The molecule has 0 aliphatic carbocycles. The molecule has 0 spiro atoms. The molecule has 1 heterocycles. The van der Waals surface area contributed by atoms with Gasteiger partial charge in [-0.05, 0) is 30.5 Å². The number of nitrogens with zero attached hydrogens (tertiary/aromatic N) is 3. The lowest BCUT2D eigenvalue weighted by Gasteiger charge is -2.10. The average Bonchev–Trinajstić information content (AvgIpc) is 3.13. The maximum absolute atomic E-state index is 12.3. The lowest BCUT2D eigenvalue weighted by Crippen LogP contribution is -2.23. The summed E-state index contributed by atoms with van der Waals surface area (Å²) in [5.74, 6) is 2.70. The SMILES string of the molecule is CCCCSc1nnc(CCC(=O)NCc2ccc(OC)cc2)n1CCCOC. The first kappa shape index (κ1) is 23.2. The van der Waals surface area contributed by atoms with Gasteiger partial charge in [-0.1, -0.05) is 37.2 Å². The van der Waals surface area contributed by atoms with Crippen LogP contribution in [0.4, 0.5) is 0 Å². The third-order valence-electron chi connectivity index (χ3n) is 4.48. The highest BCUT2D eigenvalue weighted by atomic mass is 32.2. The van der Waals surface area contributed by atoms with Crippen LogP contribution in [0.5, 0.6) is 5.75 Å². The van der Waals surface area contributed by atoms with Crippen molar-refractivity contribution in [3.63, 3.8) is 0 Å². The van der Waals surface area contributed by atoms with Crippen LogP contribution >= 0.6 is 11.8 Å². The summed E-state index contributed by atoms with van der Waals surface area (Å²) in [5.41, 5.74) is 1.04. The van der Waals surface area contributed by atoms with E-state index in [1.165, 1.54) is 0 Å². The number of aromatic nitrogens is 3. The van der Waals surface area contributed by atoms with Crippen LogP contribution in [0.3, 0.4) is 0 Å². The second-order valence-electron chi connectivity index (χ2n) is 6.72. The summed E-state index contributed by atoms with van der Waals surface area (Å²) in [5, 5.41) is 12.6. The summed E-state index contributed by atoms with van der Waals surface area (Å²) in [4.78, 5) is 12.3. The fourth-order valence-corrected chi connectivity index (χ4v) is 3.83. The van der Waals surface area contributed by atoms with Crippen molar-refractivity contribution in [3.05, 3.63) is 35.7 Å². The summed E-state index contributed by atoms with van der Waals surface area (Å²) in [6, 6.07) is 7.68. The molecule has 0 fully saturated rings. The van der Waals surface area contributed by atoms with Gasteiger partial charge >= 0.3 is 0 Å². The number of hydrogen-bond acceptors (Lipinski definition) is 6. The van der Waals surface area contributed by atoms with Crippen LogP contribution in [0.25, 0.3) is 0 Å². The van der Waals surface area contributed by atoms with Crippen LogP contribution in [0.1, 0.15) is 44.0 Å². The number of rotatable bonds is 14. The maximum atomic E-state index is 12.3. The molecule has 0 aliphatic heterocycles. The number of carbonyl (C=O) groups excluding carboxylic acids is 1. The largest absolute Gasteiger partial charge is 0.497 e. The summed E-state index contributed by atoms with van der Waals surface area (Å²) >= 11 is 1.73. The van der Waals surface area contributed by atoms with E-state index in [2.05, 4.69) is 27.0 Å². The lowest BCUT2D eigenvalue weighted by atomic mass is 10.2. The molecule has 8 heteroatoms. The van der Waals surface area contributed by atoms with E-state index in [1.54, 1.807) is 26.0 Å². The van der Waals surface area contributed by atoms with Gasteiger partial charge in [-0.25, -0.2) is 0 Å². The fraction of sp³-hybridized carbons (Fsp3) is 0.571. The number of nitrogens with one attached hydrogen (secondary N) is 1. The quantitative estimate of drug-likeness (QED) is 0.372. The smallest absolute Gasteiger partial charge is 0.220 e. The molecule has 0 bridgehead atoms. The van der Waals surface area contributed by atoms with Gasteiger partial charge in [0.25, 0.3) is 0 Å². The molecular formula is C21H32N4O3S. The maximum Gasteiger partial charge on any atom is 0.220 e. The lowest BCUT2D eigenvalue weighted by molar-refractivity contribution is -0.121. The van der Waals surface area contributed by atoms with Gasteiger partial charge in [0.05, 0.1) is 7.11 Å². The molecule has 7 nitrogen and oxygen atoms in total. The number of hydrogen-bond donors (Lipinski definition) is 1. The molecule has 0 radical (unpaired) electrons. The molecule has 1 amide bonds. The Morgan fingerprint density at radius 1 is 1.17 bits per heavy atom. The van der Waals surface area contributed by atoms with Gasteiger partial charge in [0.1, 0.15) is 11.6 Å². The molecule has 1 aromatic carbocycles. The van der Waals surface area contributed by atoms with Crippen molar-refractivity contribution in [2.45, 2.75) is 57.3 Å². The summed E-state index contributed by atoms with van der Waals surface area (Å²) in [7, 11) is 3.34. The van der Waals surface area contributed by atoms with Gasteiger partial charge < -0.3 is 19.4 Å². The minimum atomic E-state index is 0.00689. The molecule has 0 atom stereocenters. The van der Waals surface area contributed by atoms with E-state index >= 15 is 0 Å². The van der Waals surface area contributed by atoms with Crippen LogP contribution in [0.2, 0.25) is 0 Å². The summed E-state index contributed by atoms with van der Waals surface area (Å²) in [6.07, 6.45) is 4.16. The zero-order valence-electron chi connectivity index (χ0n) is 17.6. The first-order chi connectivity index (χ1) is 14.2. The first-order valence-corrected chi connectivity index (χ1v) is 11.1. The van der Waals surface area contributed by atoms with E-state index in [9.17, 15) is 4.79 Å². The number of benzene rings is 1. The van der Waals surface area contributed by atoms with Crippen molar-refractivity contribution >= 4 is 17.7 Å². The summed E-state index contributed by atoms with van der Waals surface area (Å²) < 4.78 is 12.5. The zero-order valence-corrected chi connectivity index (χ0v) is 18.5. The Bertz CT molecular complexity index is 734. The first-order valence-electron chi connectivity index (χ1n) is 10.1. The average molecular weight is 421 g/mol. The van der Waals surface area contributed by atoms with E-state index in [-0.39, 0.29) is 5.91 Å². The van der Waals surface area contributed by atoms with Crippen molar-refractivity contribution < 1.29 is 14.3 Å². The van der Waals surface area contributed by atoms with Crippen LogP contribution < -0.4 is 10.1 Å². The Kier molecular flexibility index (Phi) is 10.6. The minimum absolute atomic E-state index is 0.00689. The van der Waals surface area contributed by atoms with Crippen LogP contribution in [0, 0.1) is 0 Å². The Balaban J connectivity index is 1.87. The Morgan fingerprint density at radius 2 is 1.97 bits per heavy atom.